The van der Waals surface area contributed by atoms with Crippen molar-refractivity contribution in [2.75, 3.05) is 6.61 Å². The molecule has 0 radical (unpaired) electrons. The predicted octanol–water partition coefficient (Wildman–Crippen LogP) is 3.90. The van der Waals surface area contributed by atoms with Gasteiger partial charge in [0.1, 0.15) is 18.5 Å². The Kier molecular flexibility index (Phi) is 5.53. The van der Waals surface area contributed by atoms with Crippen LogP contribution < -0.4 is 15.7 Å². The molecule has 180 valence electrons. The number of hydrogen-bond donors (Lipinski definition) is 2. The molecule has 4 bridgehead atoms. The zero-order chi connectivity index (χ0) is 23.4. The minimum absolute atomic E-state index is 0.0734. The van der Waals surface area contributed by atoms with Gasteiger partial charge in [0.2, 0.25) is 0 Å². The fraction of sp³-hybridized carbons (Fsp3) is 0.536. The molecule has 1 heterocycles. The molecule has 3 aromatic rings. The summed E-state index contributed by atoms with van der Waals surface area (Å²) in [5.74, 6) is 4.55. The van der Waals surface area contributed by atoms with Gasteiger partial charge in [0, 0.05) is 26.7 Å². The van der Waals surface area contributed by atoms with Gasteiger partial charge in [0.05, 0.1) is 11.0 Å². The molecule has 7 rings (SSSR count). The van der Waals surface area contributed by atoms with Crippen molar-refractivity contribution in [2.24, 2.45) is 37.8 Å². The third kappa shape index (κ3) is 3.87. The van der Waals surface area contributed by atoms with Crippen molar-refractivity contribution in [3.63, 3.8) is 0 Å². The fourth-order valence-corrected chi connectivity index (χ4v) is 7.20. The third-order valence-corrected chi connectivity index (χ3v) is 8.78. The molecular weight excluding hydrogens is 426 g/mol. The van der Waals surface area contributed by atoms with Crippen LogP contribution in [0.1, 0.15) is 49.3 Å². The Morgan fingerprint density at radius 2 is 1.59 bits per heavy atom. The summed E-state index contributed by atoms with van der Waals surface area (Å²) < 4.78 is 9.09. The average Bonchev–Trinajstić information content (AvgIpc) is 3.06. The van der Waals surface area contributed by atoms with E-state index in [-0.39, 0.29) is 12.3 Å². The second-order valence-corrected chi connectivity index (χ2v) is 11.0. The first-order chi connectivity index (χ1) is 16.5. The highest BCUT2D eigenvalue weighted by Gasteiger charge is 2.47. The quantitative estimate of drug-likeness (QED) is 0.560. The van der Waals surface area contributed by atoms with E-state index >= 15 is 0 Å². The first-order valence-electron chi connectivity index (χ1n) is 12.7. The van der Waals surface area contributed by atoms with Gasteiger partial charge in [0.25, 0.3) is 0 Å². The van der Waals surface area contributed by atoms with Crippen molar-refractivity contribution in [2.45, 2.75) is 50.8 Å². The number of aryl methyl sites for hydroxylation is 2. The maximum Gasteiger partial charge on any atom is 0.328 e. The molecule has 4 fully saturated rings. The van der Waals surface area contributed by atoms with E-state index in [2.05, 4.69) is 17.4 Å². The molecule has 6 nitrogen and oxygen atoms in total. The van der Waals surface area contributed by atoms with Crippen LogP contribution in [0.15, 0.2) is 47.3 Å². The van der Waals surface area contributed by atoms with Crippen LogP contribution in [-0.4, -0.2) is 26.9 Å². The Bertz CT molecular complexity index is 1210. The number of aliphatic hydroxyl groups is 1. The summed E-state index contributed by atoms with van der Waals surface area (Å²) >= 11 is 0. The highest BCUT2D eigenvalue weighted by atomic mass is 16.5. The van der Waals surface area contributed by atoms with Crippen molar-refractivity contribution in [1.82, 2.24) is 14.5 Å². The van der Waals surface area contributed by atoms with Gasteiger partial charge in [-0.1, -0.05) is 18.2 Å². The molecule has 34 heavy (non-hydrogen) atoms. The molecule has 2 N–H and O–H groups in total. The summed E-state index contributed by atoms with van der Waals surface area (Å²) in [6, 6.07) is 14.5. The lowest BCUT2D eigenvalue weighted by Crippen LogP contribution is -2.54. The Labute approximate surface area is 200 Å². The standard InChI is InChI=1S/C28H35N3O3/c1-30-24-8-5-20(14-25(24)31(2)28(30)33)26(32)16-34-23-6-3-17(4-7-23)15-29-27-21-10-18-9-19(12-21)13-22(27)11-18/h3-8,14,18-19,21-22,26-27,29,32H,9-13,15-16H2,1-2H3/t18?,19?,21?,22?,26-,27?/m1/s1. The Morgan fingerprint density at radius 3 is 2.26 bits per heavy atom. The van der Waals surface area contributed by atoms with Crippen molar-refractivity contribution >= 4 is 11.0 Å². The lowest BCUT2D eigenvalue weighted by molar-refractivity contribution is -0.0142. The maximum absolute atomic E-state index is 12.1. The highest BCUT2D eigenvalue weighted by molar-refractivity contribution is 5.77. The normalized spacial score (nSPS) is 28.5. The predicted molar refractivity (Wildman–Crippen MR) is 133 cm³/mol. The van der Waals surface area contributed by atoms with Crippen molar-refractivity contribution in [3.8, 4) is 5.75 Å². The SMILES string of the molecule is Cn1c(=O)n(C)c2cc([C@H](O)COc3ccc(CNC4C5CC6CC(C5)CC4C6)cc3)ccc21. The van der Waals surface area contributed by atoms with Crippen molar-refractivity contribution in [1.29, 1.82) is 0 Å². The number of fused-ring (bicyclic) bond motifs is 1. The van der Waals surface area contributed by atoms with E-state index in [1.807, 2.05) is 30.3 Å². The van der Waals surface area contributed by atoms with Gasteiger partial charge in [-0.25, -0.2) is 4.79 Å². The number of imidazole rings is 1. The lowest BCUT2D eigenvalue weighted by atomic mass is 9.54. The van der Waals surface area contributed by atoms with E-state index in [0.717, 1.165) is 52.6 Å². The molecule has 2 aromatic carbocycles. The average molecular weight is 462 g/mol. The first-order valence-corrected chi connectivity index (χ1v) is 12.7. The van der Waals surface area contributed by atoms with Crippen LogP contribution in [0, 0.1) is 23.7 Å². The minimum Gasteiger partial charge on any atom is -0.491 e. The van der Waals surface area contributed by atoms with Gasteiger partial charge >= 0.3 is 5.69 Å². The van der Waals surface area contributed by atoms with Crippen LogP contribution in [0.4, 0.5) is 0 Å². The molecule has 1 atom stereocenters. The number of aromatic nitrogens is 2. The molecular formula is C28H35N3O3. The molecule has 4 saturated carbocycles. The van der Waals surface area contributed by atoms with E-state index in [4.69, 9.17) is 4.74 Å². The monoisotopic (exact) mass is 461 g/mol. The molecule has 4 aliphatic rings. The summed E-state index contributed by atoms with van der Waals surface area (Å²) in [6.45, 7) is 1.07. The Morgan fingerprint density at radius 1 is 0.941 bits per heavy atom. The third-order valence-electron chi connectivity index (χ3n) is 8.78. The number of hydrogen-bond acceptors (Lipinski definition) is 4. The highest BCUT2D eigenvalue weighted by Crippen LogP contribution is 2.53. The van der Waals surface area contributed by atoms with Gasteiger partial charge in [-0.05, 0) is 91.2 Å². The van der Waals surface area contributed by atoms with Crippen molar-refractivity contribution in [3.05, 3.63) is 64.1 Å². The second-order valence-electron chi connectivity index (χ2n) is 11.0. The summed E-state index contributed by atoms with van der Waals surface area (Å²) in [5, 5.41) is 14.6. The zero-order valence-electron chi connectivity index (χ0n) is 20.1. The van der Waals surface area contributed by atoms with Gasteiger partial charge < -0.3 is 15.2 Å². The molecule has 0 aliphatic heterocycles. The number of nitrogens with one attached hydrogen (secondary N) is 1. The number of rotatable bonds is 7. The topological polar surface area (TPSA) is 68.4 Å². The molecule has 0 unspecified atom stereocenters. The number of benzene rings is 2. The summed E-state index contributed by atoms with van der Waals surface area (Å²) in [4.78, 5) is 12.1. The summed E-state index contributed by atoms with van der Waals surface area (Å²) in [7, 11) is 3.50. The smallest absolute Gasteiger partial charge is 0.328 e. The van der Waals surface area contributed by atoms with Crippen molar-refractivity contribution < 1.29 is 9.84 Å². The molecule has 0 amide bonds. The zero-order valence-corrected chi connectivity index (χ0v) is 20.1. The van der Waals surface area contributed by atoms with Crippen LogP contribution in [0.5, 0.6) is 5.75 Å². The van der Waals surface area contributed by atoms with Crippen LogP contribution in [-0.2, 0) is 20.6 Å². The summed E-state index contributed by atoms with van der Waals surface area (Å²) in [5.41, 5.74) is 3.60. The van der Waals surface area contributed by atoms with E-state index < -0.39 is 6.10 Å². The molecule has 1 aromatic heterocycles. The minimum atomic E-state index is -0.766. The number of ether oxygens (including phenoxy) is 1. The molecule has 6 heteroatoms. The fourth-order valence-electron chi connectivity index (χ4n) is 7.20. The van der Waals surface area contributed by atoms with E-state index in [9.17, 15) is 9.90 Å². The Hall–Kier alpha value is -2.57. The number of nitrogens with zero attached hydrogens (tertiary/aromatic N) is 2. The molecule has 0 spiro atoms. The maximum atomic E-state index is 12.1. The molecule has 4 aliphatic carbocycles. The van der Waals surface area contributed by atoms with Gasteiger partial charge in [0.15, 0.2) is 0 Å². The van der Waals surface area contributed by atoms with Crippen LogP contribution in [0.3, 0.4) is 0 Å². The molecule has 0 saturated heterocycles. The van der Waals surface area contributed by atoms with E-state index in [1.165, 1.54) is 37.7 Å². The van der Waals surface area contributed by atoms with Crippen LogP contribution in [0.25, 0.3) is 11.0 Å². The number of aliphatic hydroxyl groups excluding tert-OH is 1. The summed E-state index contributed by atoms with van der Waals surface area (Å²) in [6.07, 6.45) is 6.48. The second kappa shape index (κ2) is 8.58. The largest absolute Gasteiger partial charge is 0.491 e. The van der Waals surface area contributed by atoms with E-state index in [1.54, 1.807) is 23.2 Å². The van der Waals surface area contributed by atoms with E-state index in [0.29, 0.717) is 6.04 Å². The Balaban J connectivity index is 1.04. The lowest BCUT2D eigenvalue weighted by Gasteiger charge is -2.54. The van der Waals surface area contributed by atoms with Gasteiger partial charge in [-0.3, -0.25) is 9.13 Å². The van der Waals surface area contributed by atoms with Crippen LogP contribution >= 0.6 is 0 Å². The van der Waals surface area contributed by atoms with Gasteiger partial charge in [-0.2, -0.15) is 0 Å². The van der Waals surface area contributed by atoms with Gasteiger partial charge in [-0.15, -0.1) is 0 Å². The van der Waals surface area contributed by atoms with Crippen LogP contribution in [0.2, 0.25) is 0 Å². The first kappa shape index (κ1) is 21.9.